The predicted molar refractivity (Wildman–Crippen MR) is 62.2 cm³/mol. The summed E-state index contributed by atoms with van der Waals surface area (Å²) in [5.41, 5.74) is 3.49. The molecule has 0 N–H and O–H groups in total. The maximum atomic E-state index is 5.65. The molecule has 1 aliphatic heterocycles. The molecule has 1 aromatic rings. The van der Waals surface area contributed by atoms with Crippen LogP contribution in [0.1, 0.15) is 23.6 Å². The lowest BCUT2D eigenvalue weighted by Gasteiger charge is -2.26. The third kappa shape index (κ3) is 1.76. The van der Waals surface area contributed by atoms with Gasteiger partial charge in [-0.2, -0.15) is 0 Å². The Morgan fingerprint density at radius 2 is 2.06 bits per heavy atom. The van der Waals surface area contributed by atoms with Crippen LogP contribution in [-0.4, -0.2) is 20.3 Å². The van der Waals surface area contributed by atoms with Crippen LogP contribution < -0.4 is 9.47 Å². The van der Waals surface area contributed by atoms with Crippen LogP contribution in [-0.2, 0) is 17.8 Å². The third-order valence-corrected chi connectivity index (χ3v) is 3.12. The first-order valence-electron chi connectivity index (χ1n) is 5.52. The molecule has 0 fully saturated rings. The fraction of sp³-hybridized carbons (Fsp3) is 0.538. The van der Waals surface area contributed by atoms with Gasteiger partial charge in [-0.1, -0.05) is 0 Å². The number of hydrogen-bond acceptors (Lipinski definition) is 3. The fourth-order valence-electron chi connectivity index (χ4n) is 2.26. The van der Waals surface area contributed by atoms with Gasteiger partial charge in [-0.15, -0.1) is 0 Å². The molecular weight excluding hydrogens is 204 g/mol. The summed E-state index contributed by atoms with van der Waals surface area (Å²) >= 11 is 0. The van der Waals surface area contributed by atoms with E-state index in [1.807, 2.05) is 6.92 Å². The van der Waals surface area contributed by atoms with Crippen LogP contribution in [0.2, 0.25) is 0 Å². The quantitative estimate of drug-likeness (QED) is 0.769. The molecule has 1 unspecified atom stereocenters. The monoisotopic (exact) mass is 222 g/mol. The zero-order valence-corrected chi connectivity index (χ0v) is 10.3. The Labute approximate surface area is 96.3 Å². The molecule has 1 aliphatic rings. The molecule has 0 saturated carbocycles. The van der Waals surface area contributed by atoms with Gasteiger partial charge in [-0.25, -0.2) is 0 Å². The van der Waals surface area contributed by atoms with Crippen molar-refractivity contribution < 1.29 is 14.2 Å². The molecule has 88 valence electrons. The second kappa shape index (κ2) is 4.34. The second-order valence-corrected chi connectivity index (χ2v) is 4.20. The van der Waals surface area contributed by atoms with Crippen LogP contribution in [0.4, 0.5) is 0 Å². The first kappa shape index (κ1) is 11.3. The molecule has 0 aliphatic carbocycles. The smallest absolute Gasteiger partial charge is 0.131 e. The van der Waals surface area contributed by atoms with Gasteiger partial charge < -0.3 is 14.2 Å². The summed E-state index contributed by atoms with van der Waals surface area (Å²) in [5, 5.41) is 0. The van der Waals surface area contributed by atoms with E-state index in [9.17, 15) is 0 Å². The molecule has 2 rings (SSSR count). The van der Waals surface area contributed by atoms with E-state index in [1.165, 1.54) is 11.1 Å². The van der Waals surface area contributed by atoms with Crippen molar-refractivity contribution in [1.82, 2.24) is 0 Å². The maximum absolute atomic E-state index is 5.65. The number of rotatable bonds is 2. The van der Waals surface area contributed by atoms with Gasteiger partial charge in [0, 0.05) is 11.1 Å². The largest absolute Gasteiger partial charge is 0.496 e. The molecule has 0 amide bonds. The van der Waals surface area contributed by atoms with Crippen molar-refractivity contribution >= 4 is 0 Å². The first-order chi connectivity index (χ1) is 7.67. The third-order valence-electron chi connectivity index (χ3n) is 3.12. The lowest BCUT2D eigenvalue weighted by atomic mass is 9.96. The van der Waals surface area contributed by atoms with Crippen molar-refractivity contribution in [2.75, 3.05) is 14.2 Å². The molecule has 16 heavy (non-hydrogen) atoms. The van der Waals surface area contributed by atoms with Crippen LogP contribution in [0.5, 0.6) is 11.5 Å². The molecule has 1 atom stereocenters. The van der Waals surface area contributed by atoms with Crippen molar-refractivity contribution in [3.8, 4) is 11.5 Å². The molecule has 1 aromatic carbocycles. The Kier molecular flexibility index (Phi) is 3.06. The van der Waals surface area contributed by atoms with E-state index in [0.29, 0.717) is 6.61 Å². The van der Waals surface area contributed by atoms with E-state index in [0.717, 1.165) is 23.5 Å². The highest BCUT2D eigenvalue weighted by molar-refractivity contribution is 5.54. The van der Waals surface area contributed by atoms with Gasteiger partial charge >= 0.3 is 0 Å². The summed E-state index contributed by atoms with van der Waals surface area (Å²) in [6.07, 6.45) is 1.19. The lowest BCUT2D eigenvalue weighted by molar-refractivity contribution is 0.0394. The Balaban J connectivity index is 2.55. The van der Waals surface area contributed by atoms with E-state index >= 15 is 0 Å². The molecule has 1 heterocycles. The number of ether oxygens (including phenoxy) is 3. The molecule has 0 radical (unpaired) electrons. The van der Waals surface area contributed by atoms with Crippen molar-refractivity contribution in [3.05, 3.63) is 22.8 Å². The van der Waals surface area contributed by atoms with Crippen LogP contribution in [0.25, 0.3) is 0 Å². The highest BCUT2D eigenvalue weighted by Crippen LogP contribution is 2.37. The van der Waals surface area contributed by atoms with Crippen molar-refractivity contribution in [3.63, 3.8) is 0 Å². The summed E-state index contributed by atoms with van der Waals surface area (Å²) in [4.78, 5) is 0. The molecular formula is C13H18O3. The van der Waals surface area contributed by atoms with E-state index in [2.05, 4.69) is 13.0 Å². The molecule has 0 spiro atoms. The van der Waals surface area contributed by atoms with Crippen LogP contribution in [0.15, 0.2) is 6.07 Å². The average molecular weight is 222 g/mol. The Bertz CT molecular complexity index is 399. The average Bonchev–Trinajstić information content (AvgIpc) is 2.28. The molecule has 3 nitrogen and oxygen atoms in total. The van der Waals surface area contributed by atoms with Crippen LogP contribution in [0.3, 0.4) is 0 Å². The van der Waals surface area contributed by atoms with Gasteiger partial charge in [0.1, 0.15) is 11.5 Å². The summed E-state index contributed by atoms with van der Waals surface area (Å²) < 4.78 is 16.5. The zero-order valence-electron chi connectivity index (χ0n) is 10.3. The van der Waals surface area contributed by atoms with Crippen molar-refractivity contribution in [2.45, 2.75) is 33.0 Å². The Morgan fingerprint density at radius 1 is 1.31 bits per heavy atom. The maximum Gasteiger partial charge on any atom is 0.131 e. The molecule has 3 heteroatoms. The number of fused-ring (bicyclic) bond motifs is 1. The molecule has 0 saturated heterocycles. The predicted octanol–water partition coefficient (Wildman–Crippen LogP) is 2.47. The minimum Gasteiger partial charge on any atom is -0.496 e. The van der Waals surface area contributed by atoms with Crippen molar-refractivity contribution in [1.29, 1.82) is 0 Å². The Morgan fingerprint density at radius 3 is 2.69 bits per heavy atom. The lowest BCUT2D eigenvalue weighted by Crippen LogP contribution is -2.20. The van der Waals surface area contributed by atoms with Gasteiger partial charge in [0.2, 0.25) is 0 Å². The van der Waals surface area contributed by atoms with Crippen molar-refractivity contribution in [2.24, 2.45) is 0 Å². The van der Waals surface area contributed by atoms with E-state index < -0.39 is 0 Å². The zero-order chi connectivity index (χ0) is 11.7. The molecule has 0 aromatic heterocycles. The summed E-state index contributed by atoms with van der Waals surface area (Å²) in [6, 6.07) is 2.10. The topological polar surface area (TPSA) is 27.7 Å². The number of hydrogen-bond donors (Lipinski definition) is 0. The minimum atomic E-state index is 0.268. The normalized spacial score (nSPS) is 19.1. The Hall–Kier alpha value is -1.22. The van der Waals surface area contributed by atoms with Crippen LogP contribution >= 0.6 is 0 Å². The van der Waals surface area contributed by atoms with E-state index in [-0.39, 0.29) is 6.10 Å². The second-order valence-electron chi connectivity index (χ2n) is 4.20. The number of benzene rings is 1. The summed E-state index contributed by atoms with van der Waals surface area (Å²) in [7, 11) is 3.39. The van der Waals surface area contributed by atoms with Gasteiger partial charge in [0.25, 0.3) is 0 Å². The van der Waals surface area contributed by atoms with E-state index in [1.54, 1.807) is 14.2 Å². The first-order valence-corrected chi connectivity index (χ1v) is 5.52. The minimum absolute atomic E-state index is 0.268. The highest BCUT2D eigenvalue weighted by Gasteiger charge is 2.22. The fourth-order valence-corrected chi connectivity index (χ4v) is 2.26. The molecule has 0 bridgehead atoms. The SMILES string of the molecule is COc1cc2c(c(OC)c1C)COC(C)C2. The van der Waals surface area contributed by atoms with E-state index in [4.69, 9.17) is 14.2 Å². The summed E-state index contributed by atoms with van der Waals surface area (Å²) in [6.45, 7) is 4.72. The van der Waals surface area contributed by atoms with Gasteiger partial charge in [-0.05, 0) is 31.9 Å². The van der Waals surface area contributed by atoms with Crippen LogP contribution in [0, 0.1) is 6.92 Å². The highest BCUT2D eigenvalue weighted by atomic mass is 16.5. The van der Waals surface area contributed by atoms with Gasteiger partial charge in [0.05, 0.1) is 26.9 Å². The number of methoxy groups -OCH3 is 2. The summed E-state index contributed by atoms with van der Waals surface area (Å²) in [5.74, 6) is 1.80. The standard InChI is InChI=1S/C13H18O3/c1-8-5-10-6-12(14-3)9(2)13(15-4)11(10)7-16-8/h6,8H,5,7H2,1-4H3. The van der Waals surface area contributed by atoms with Gasteiger partial charge in [0.15, 0.2) is 0 Å². The van der Waals surface area contributed by atoms with Gasteiger partial charge in [-0.3, -0.25) is 0 Å².